The van der Waals surface area contributed by atoms with Crippen molar-refractivity contribution >= 4 is 27.5 Å². The number of nitrogens with zero attached hydrogens (tertiary/aromatic N) is 5. The lowest BCUT2D eigenvalue weighted by Crippen LogP contribution is -2.64. The second-order valence-electron chi connectivity index (χ2n) is 17.4. The molecule has 2 aromatic carbocycles. The number of rotatable bonds is 10. The molecule has 2 aromatic heterocycles. The number of halogens is 2. The van der Waals surface area contributed by atoms with Crippen LogP contribution in [0.2, 0.25) is 0 Å². The van der Waals surface area contributed by atoms with Crippen LogP contribution < -0.4 is 9.64 Å². The fourth-order valence-electron chi connectivity index (χ4n) is 10.0. The number of piperidine rings is 1. The van der Waals surface area contributed by atoms with Gasteiger partial charge in [-0.1, -0.05) is 47.1 Å². The molecule has 4 aliphatic rings. The molecule has 8 nitrogen and oxygen atoms in total. The number of pyridine rings is 1. The molecule has 10 heteroatoms. The molecule has 8 rings (SSSR count). The quantitative estimate of drug-likeness (QED) is 0.175. The van der Waals surface area contributed by atoms with E-state index < -0.39 is 5.82 Å². The van der Waals surface area contributed by atoms with Crippen LogP contribution in [0.5, 0.6) is 11.8 Å². The summed E-state index contributed by atoms with van der Waals surface area (Å²) in [5.74, 6) is -0.463. The lowest BCUT2D eigenvalue weighted by Gasteiger charge is -2.60. The summed E-state index contributed by atoms with van der Waals surface area (Å²) in [5.41, 5.74) is 1.26. The standard InChI is InChI=1S/C42H53F2N5O3/c1-6-15-48(22-40(3,4)5)38-31-21-45-36(30-18-28(50)17-26-11-12-32(43)29(7-2)34(26)30)35(44)37(31)46-39(47-38)52-25-42-13-8-10-33(42)49(16-9-14-42)27-19-41(20-27)23-51-24-41/h11-12,17-18,21,27,33,50H,6-10,13-16,19-20,22-25H2,1-5H3. The summed E-state index contributed by atoms with van der Waals surface area (Å²) in [4.78, 5) is 19.5. The maximum absolute atomic E-state index is 17.2. The van der Waals surface area contributed by atoms with Gasteiger partial charge in [-0.2, -0.15) is 9.97 Å². The number of hydrogen-bond acceptors (Lipinski definition) is 8. The van der Waals surface area contributed by atoms with Crippen LogP contribution in [0.4, 0.5) is 14.6 Å². The number of aryl methyl sites for hydroxylation is 1. The number of ether oxygens (including phenoxy) is 2. The number of phenols is 1. The summed E-state index contributed by atoms with van der Waals surface area (Å²) in [6, 6.07) is 7.29. The minimum Gasteiger partial charge on any atom is -0.508 e. The van der Waals surface area contributed by atoms with Crippen LogP contribution in [0.3, 0.4) is 0 Å². The van der Waals surface area contributed by atoms with Crippen LogP contribution >= 0.6 is 0 Å². The third-order valence-electron chi connectivity index (χ3n) is 12.3. The van der Waals surface area contributed by atoms with Crippen LogP contribution in [0.1, 0.15) is 91.5 Å². The van der Waals surface area contributed by atoms with E-state index in [-0.39, 0.29) is 39.6 Å². The van der Waals surface area contributed by atoms with Gasteiger partial charge in [-0.3, -0.25) is 9.88 Å². The van der Waals surface area contributed by atoms with E-state index in [0.717, 1.165) is 52.0 Å². The van der Waals surface area contributed by atoms with Gasteiger partial charge in [0.05, 0.1) is 25.2 Å². The van der Waals surface area contributed by atoms with Crippen molar-refractivity contribution in [2.75, 3.05) is 44.4 Å². The van der Waals surface area contributed by atoms with Crippen molar-refractivity contribution in [2.45, 2.75) is 104 Å². The lowest BCUT2D eigenvalue weighted by atomic mass is 9.62. The Bertz CT molecular complexity index is 1990. The average molecular weight is 714 g/mol. The van der Waals surface area contributed by atoms with E-state index in [9.17, 15) is 5.11 Å². The maximum Gasteiger partial charge on any atom is 0.319 e. The summed E-state index contributed by atoms with van der Waals surface area (Å²) >= 11 is 0. The van der Waals surface area contributed by atoms with Crippen molar-refractivity contribution in [1.29, 1.82) is 0 Å². The minimum atomic E-state index is -0.643. The lowest BCUT2D eigenvalue weighted by molar-refractivity contribution is -0.196. The van der Waals surface area contributed by atoms with Gasteiger partial charge < -0.3 is 19.5 Å². The van der Waals surface area contributed by atoms with Gasteiger partial charge in [-0.25, -0.2) is 8.78 Å². The highest BCUT2D eigenvalue weighted by atomic mass is 19.1. The summed E-state index contributed by atoms with van der Waals surface area (Å²) < 4.78 is 44.5. The maximum atomic E-state index is 17.2. The number of fused-ring (bicyclic) bond motifs is 3. The van der Waals surface area contributed by atoms with Crippen molar-refractivity contribution in [3.63, 3.8) is 0 Å². The van der Waals surface area contributed by atoms with E-state index in [2.05, 4.69) is 42.5 Å². The monoisotopic (exact) mass is 713 g/mol. The number of likely N-dealkylation sites (tertiary alicyclic amines) is 1. The molecule has 0 amide bonds. The van der Waals surface area contributed by atoms with Gasteiger partial charge in [0.2, 0.25) is 0 Å². The van der Waals surface area contributed by atoms with Crippen LogP contribution in [-0.4, -0.2) is 76.5 Å². The van der Waals surface area contributed by atoms with E-state index in [1.807, 2.05) is 6.92 Å². The normalized spacial score (nSPS) is 23.2. The molecule has 2 saturated heterocycles. The molecule has 1 spiro atoms. The van der Waals surface area contributed by atoms with Crippen molar-refractivity contribution in [3.05, 3.63) is 47.7 Å². The molecule has 2 saturated carbocycles. The SMILES string of the molecule is CCCN(CC(C)(C)C)c1nc(OCC23CCCC2N(C2CC4(COC4)C2)CCC3)nc2c(F)c(-c3cc(O)cc4ccc(F)c(CC)c34)ncc12. The van der Waals surface area contributed by atoms with Gasteiger partial charge in [0.25, 0.3) is 0 Å². The largest absolute Gasteiger partial charge is 0.508 e. The number of benzene rings is 2. The molecule has 278 valence electrons. The smallest absolute Gasteiger partial charge is 0.319 e. The van der Waals surface area contributed by atoms with E-state index in [1.54, 1.807) is 18.3 Å². The number of aromatic hydroxyl groups is 1. The molecule has 4 heterocycles. The van der Waals surface area contributed by atoms with Crippen LogP contribution in [0.25, 0.3) is 32.9 Å². The molecule has 4 fully saturated rings. The molecule has 4 aromatic rings. The highest BCUT2D eigenvalue weighted by Crippen LogP contribution is 2.55. The Morgan fingerprint density at radius 3 is 2.58 bits per heavy atom. The van der Waals surface area contributed by atoms with E-state index >= 15 is 8.78 Å². The second kappa shape index (κ2) is 13.3. The Balaban J connectivity index is 1.20. The molecular formula is C42H53F2N5O3. The molecule has 1 N–H and O–H groups in total. The van der Waals surface area contributed by atoms with Crippen molar-refractivity contribution < 1.29 is 23.4 Å². The van der Waals surface area contributed by atoms with Gasteiger partial charge in [-0.05, 0) is 97.9 Å². The Hall–Kier alpha value is -3.63. The molecule has 2 unspecified atom stereocenters. The number of phenolic OH excluding ortho intramolecular Hbond substituents is 1. The molecule has 0 radical (unpaired) electrons. The van der Waals surface area contributed by atoms with Gasteiger partial charge >= 0.3 is 6.01 Å². The number of aromatic nitrogens is 3. The highest BCUT2D eigenvalue weighted by molar-refractivity contribution is 6.01. The summed E-state index contributed by atoms with van der Waals surface area (Å²) in [6.07, 6.45) is 11.1. The minimum absolute atomic E-state index is 0.00711. The number of hydrogen-bond donors (Lipinski definition) is 1. The molecular weight excluding hydrogens is 660 g/mol. The van der Waals surface area contributed by atoms with Gasteiger partial charge in [0.1, 0.15) is 28.6 Å². The van der Waals surface area contributed by atoms with E-state index in [1.165, 1.54) is 37.8 Å². The molecule has 52 heavy (non-hydrogen) atoms. The van der Waals surface area contributed by atoms with Gasteiger partial charge in [0.15, 0.2) is 5.82 Å². The molecule has 2 atom stereocenters. The fourth-order valence-corrected chi connectivity index (χ4v) is 10.0. The fraction of sp³-hybridized carbons (Fsp3) is 0.595. The molecule has 0 bridgehead atoms. The first-order valence-electron chi connectivity index (χ1n) is 19.5. The summed E-state index contributed by atoms with van der Waals surface area (Å²) in [7, 11) is 0. The Morgan fingerprint density at radius 2 is 1.87 bits per heavy atom. The highest BCUT2D eigenvalue weighted by Gasteiger charge is 2.56. The first-order chi connectivity index (χ1) is 24.9. The summed E-state index contributed by atoms with van der Waals surface area (Å²) in [5, 5.41) is 12.4. The average Bonchev–Trinajstić information content (AvgIpc) is 3.50. The Kier molecular flexibility index (Phi) is 9.08. The number of anilines is 1. The van der Waals surface area contributed by atoms with Crippen molar-refractivity contribution in [3.8, 4) is 23.0 Å². The van der Waals surface area contributed by atoms with Gasteiger partial charge in [0, 0.05) is 47.8 Å². The molecule has 2 aliphatic carbocycles. The van der Waals surface area contributed by atoms with Crippen molar-refractivity contribution in [1.82, 2.24) is 19.9 Å². The zero-order valence-electron chi connectivity index (χ0n) is 31.4. The molecule has 2 aliphatic heterocycles. The third kappa shape index (κ3) is 6.17. The predicted molar refractivity (Wildman–Crippen MR) is 201 cm³/mol. The predicted octanol–water partition coefficient (Wildman–Crippen LogP) is 8.85. The zero-order chi connectivity index (χ0) is 36.4. The zero-order valence-corrected chi connectivity index (χ0v) is 31.4. The van der Waals surface area contributed by atoms with Crippen molar-refractivity contribution in [2.24, 2.45) is 16.2 Å². The van der Waals surface area contributed by atoms with Crippen LogP contribution in [-0.2, 0) is 11.2 Å². The third-order valence-corrected chi connectivity index (χ3v) is 12.3. The first-order valence-corrected chi connectivity index (χ1v) is 19.5. The summed E-state index contributed by atoms with van der Waals surface area (Å²) in [6.45, 7) is 15.4. The van der Waals surface area contributed by atoms with Crippen LogP contribution in [0.15, 0.2) is 30.5 Å². The van der Waals surface area contributed by atoms with Crippen LogP contribution in [0, 0.1) is 27.9 Å². The Morgan fingerprint density at radius 1 is 1.08 bits per heavy atom. The van der Waals surface area contributed by atoms with E-state index in [4.69, 9.17) is 19.4 Å². The second-order valence-corrected chi connectivity index (χ2v) is 17.4. The topological polar surface area (TPSA) is 83.8 Å². The van der Waals surface area contributed by atoms with E-state index in [0.29, 0.717) is 70.2 Å². The Labute approximate surface area is 305 Å². The first kappa shape index (κ1) is 35.4. The van der Waals surface area contributed by atoms with Gasteiger partial charge in [-0.15, -0.1) is 0 Å².